The molecule has 2 rings (SSSR count). The molecule has 0 amide bonds. The highest BCUT2D eigenvalue weighted by Gasteiger charge is 2.44. The number of hydrogen-bond acceptors (Lipinski definition) is 3. The molecule has 4 heteroatoms. The van der Waals surface area contributed by atoms with E-state index in [4.69, 9.17) is 10.8 Å². The highest BCUT2D eigenvalue weighted by molar-refractivity contribution is 6.76. The molecule has 0 aromatic heterocycles. The van der Waals surface area contributed by atoms with E-state index >= 15 is 0 Å². The molecule has 0 aliphatic carbocycles. The van der Waals surface area contributed by atoms with Crippen molar-refractivity contribution >= 4 is 8.32 Å². The second kappa shape index (κ2) is 8.78. The Morgan fingerprint density at radius 1 is 1.08 bits per heavy atom. The van der Waals surface area contributed by atoms with Gasteiger partial charge in [0.1, 0.15) is 0 Å². The van der Waals surface area contributed by atoms with E-state index in [1.54, 1.807) is 0 Å². The normalized spacial score (nSPS) is 15.6. The van der Waals surface area contributed by atoms with Crippen molar-refractivity contribution < 1.29 is 4.43 Å². The molecular weight excluding hydrogens is 324 g/mol. The van der Waals surface area contributed by atoms with Crippen LogP contribution in [0.15, 0.2) is 40.6 Å². The molecule has 0 radical (unpaired) electrons. The van der Waals surface area contributed by atoms with Crippen LogP contribution in [0.1, 0.15) is 52.5 Å². The van der Waals surface area contributed by atoms with Crippen LogP contribution in [0.25, 0.3) is 0 Å². The van der Waals surface area contributed by atoms with Crippen LogP contribution in [0.5, 0.6) is 0 Å². The second-order valence-corrected chi connectivity index (χ2v) is 12.7. The molecule has 0 saturated carbocycles. The van der Waals surface area contributed by atoms with Crippen molar-refractivity contribution in [2.75, 3.05) is 6.61 Å². The van der Waals surface area contributed by atoms with Crippen LogP contribution in [-0.2, 0) is 10.8 Å². The van der Waals surface area contributed by atoms with Gasteiger partial charge in [-0.15, -0.1) is 12.3 Å². The predicted octanol–water partition coefficient (Wildman–Crippen LogP) is 5.98. The summed E-state index contributed by atoms with van der Waals surface area (Å²) < 4.78 is 6.70. The summed E-state index contributed by atoms with van der Waals surface area (Å²) in [7, 11) is -1.86. The van der Waals surface area contributed by atoms with Crippen molar-refractivity contribution in [1.29, 1.82) is 0 Å². The Kier molecular flexibility index (Phi) is 6.98. The molecule has 1 heterocycles. The second-order valence-electron chi connectivity index (χ2n) is 7.73. The molecule has 0 atom stereocenters. The Balaban J connectivity index is 1.96. The number of nitrogens with zero attached hydrogens (tertiary/aromatic N) is 2. The molecule has 0 bridgehead atoms. The SMILES string of the molecule is C#CCCC1(CCO[Si](CCc2ccccc2)(C(C)C)C(C)C)N=N1. The van der Waals surface area contributed by atoms with Crippen molar-refractivity contribution in [3.63, 3.8) is 0 Å². The molecule has 1 aromatic rings. The van der Waals surface area contributed by atoms with E-state index in [1.165, 1.54) is 5.56 Å². The van der Waals surface area contributed by atoms with E-state index in [-0.39, 0.29) is 5.66 Å². The van der Waals surface area contributed by atoms with Crippen molar-refractivity contribution in [2.45, 2.75) is 76.2 Å². The van der Waals surface area contributed by atoms with Gasteiger partial charge in [-0.1, -0.05) is 58.0 Å². The molecule has 136 valence electrons. The van der Waals surface area contributed by atoms with Gasteiger partial charge in [0, 0.05) is 25.9 Å². The van der Waals surface area contributed by atoms with Crippen LogP contribution < -0.4 is 0 Å². The van der Waals surface area contributed by atoms with E-state index in [9.17, 15) is 0 Å². The van der Waals surface area contributed by atoms with Crippen molar-refractivity contribution in [1.82, 2.24) is 0 Å². The van der Waals surface area contributed by atoms with Gasteiger partial charge in [-0.05, 0) is 29.1 Å². The first-order chi connectivity index (χ1) is 11.9. The molecule has 0 N–H and O–H groups in total. The predicted molar refractivity (Wildman–Crippen MR) is 107 cm³/mol. The van der Waals surface area contributed by atoms with Gasteiger partial charge in [-0.25, -0.2) is 0 Å². The molecule has 25 heavy (non-hydrogen) atoms. The van der Waals surface area contributed by atoms with Gasteiger partial charge in [0.15, 0.2) is 14.0 Å². The molecule has 1 aliphatic heterocycles. The fraction of sp³-hybridized carbons (Fsp3) is 0.619. The summed E-state index contributed by atoms with van der Waals surface area (Å²) in [4.78, 5) is 0. The molecule has 0 unspecified atom stereocenters. The fourth-order valence-electron chi connectivity index (χ4n) is 3.71. The maximum Gasteiger partial charge on any atom is 0.198 e. The zero-order valence-corrected chi connectivity index (χ0v) is 17.2. The Bertz CT molecular complexity index is 590. The fourth-order valence-corrected chi connectivity index (χ4v) is 8.17. The lowest BCUT2D eigenvalue weighted by molar-refractivity contribution is 0.256. The van der Waals surface area contributed by atoms with Gasteiger partial charge < -0.3 is 4.43 Å². The van der Waals surface area contributed by atoms with E-state index in [0.717, 1.165) is 38.3 Å². The lowest BCUT2D eigenvalue weighted by Crippen LogP contribution is -2.45. The Morgan fingerprint density at radius 2 is 1.72 bits per heavy atom. The summed E-state index contributed by atoms with van der Waals surface area (Å²) in [5.74, 6) is 2.69. The highest BCUT2D eigenvalue weighted by atomic mass is 28.4. The zero-order chi connectivity index (χ0) is 18.3. The summed E-state index contributed by atoms with van der Waals surface area (Å²) >= 11 is 0. The lowest BCUT2D eigenvalue weighted by atomic mass is 10.1. The third kappa shape index (κ3) is 5.26. The van der Waals surface area contributed by atoms with Gasteiger partial charge >= 0.3 is 0 Å². The maximum absolute atomic E-state index is 6.70. The third-order valence-corrected chi connectivity index (χ3v) is 11.2. The number of terminal acetylenes is 1. The lowest BCUT2D eigenvalue weighted by Gasteiger charge is -2.39. The van der Waals surface area contributed by atoms with Crippen LogP contribution >= 0.6 is 0 Å². The largest absolute Gasteiger partial charge is 0.416 e. The highest BCUT2D eigenvalue weighted by Crippen LogP contribution is 2.40. The smallest absolute Gasteiger partial charge is 0.198 e. The summed E-state index contributed by atoms with van der Waals surface area (Å²) in [5, 5.41) is 8.48. The minimum atomic E-state index is -1.86. The van der Waals surface area contributed by atoms with Gasteiger partial charge in [-0.3, -0.25) is 0 Å². The first-order valence-corrected chi connectivity index (χ1v) is 11.8. The summed E-state index contributed by atoms with van der Waals surface area (Å²) in [6.07, 6.45) is 8.93. The topological polar surface area (TPSA) is 34.0 Å². The van der Waals surface area contributed by atoms with Crippen LogP contribution in [0.2, 0.25) is 17.1 Å². The molecule has 0 saturated heterocycles. The summed E-state index contributed by atoms with van der Waals surface area (Å²) in [6.45, 7) is 10.1. The van der Waals surface area contributed by atoms with E-state index in [2.05, 4.69) is 74.2 Å². The monoisotopic (exact) mass is 356 g/mol. The number of aryl methyl sites for hydroxylation is 1. The minimum absolute atomic E-state index is 0.236. The van der Waals surface area contributed by atoms with Crippen LogP contribution in [-0.4, -0.2) is 20.6 Å². The van der Waals surface area contributed by atoms with Crippen LogP contribution in [0, 0.1) is 12.3 Å². The third-order valence-electron chi connectivity index (χ3n) is 5.53. The quantitative estimate of drug-likeness (QED) is 0.355. The summed E-state index contributed by atoms with van der Waals surface area (Å²) in [5.41, 5.74) is 2.35. The first-order valence-electron chi connectivity index (χ1n) is 9.49. The number of hydrogen-bond donors (Lipinski definition) is 0. The minimum Gasteiger partial charge on any atom is -0.416 e. The average Bonchev–Trinajstić information content (AvgIpc) is 3.36. The molecular formula is C21H32N2OSi. The van der Waals surface area contributed by atoms with Crippen LogP contribution in [0.4, 0.5) is 0 Å². The first kappa shape index (κ1) is 19.9. The van der Waals surface area contributed by atoms with Crippen molar-refractivity contribution in [3.05, 3.63) is 35.9 Å². The average molecular weight is 357 g/mol. The number of benzene rings is 1. The molecule has 3 nitrogen and oxygen atoms in total. The van der Waals surface area contributed by atoms with Gasteiger partial charge in [0.2, 0.25) is 0 Å². The van der Waals surface area contributed by atoms with E-state index in [0.29, 0.717) is 11.1 Å². The van der Waals surface area contributed by atoms with Gasteiger partial charge in [-0.2, -0.15) is 10.2 Å². The van der Waals surface area contributed by atoms with Gasteiger partial charge in [0.25, 0.3) is 0 Å². The Hall–Kier alpha value is -1.44. The molecule has 0 fully saturated rings. The van der Waals surface area contributed by atoms with E-state index in [1.807, 2.05) is 0 Å². The van der Waals surface area contributed by atoms with Crippen LogP contribution in [0.3, 0.4) is 0 Å². The van der Waals surface area contributed by atoms with Crippen molar-refractivity contribution in [3.8, 4) is 12.3 Å². The summed E-state index contributed by atoms with van der Waals surface area (Å²) in [6, 6.07) is 11.9. The molecule has 0 spiro atoms. The molecule has 1 aromatic carbocycles. The maximum atomic E-state index is 6.70. The Labute approximate surface area is 154 Å². The van der Waals surface area contributed by atoms with Gasteiger partial charge in [0.05, 0.1) is 0 Å². The standard InChI is InChI=1S/C21H32N2OSi/c1-6-7-14-21(22-23-21)15-16-24-25(18(2)3,19(4)5)17-13-20-11-9-8-10-12-20/h1,8-12,18-19H,7,13-17H2,2-5H3. The zero-order valence-electron chi connectivity index (χ0n) is 16.2. The molecule has 1 aliphatic rings. The van der Waals surface area contributed by atoms with E-state index < -0.39 is 8.32 Å². The van der Waals surface area contributed by atoms with Crippen molar-refractivity contribution in [2.24, 2.45) is 10.2 Å². The Morgan fingerprint density at radius 3 is 2.24 bits per heavy atom. The number of rotatable bonds is 11.